The maximum absolute atomic E-state index is 12.8. The molecule has 2 aromatic carbocycles. The molecule has 0 saturated heterocycles. The van der Waals surface area contributed by atoms with Crippen LogP contribution in [0.1, 0.15) is 11.1 Å². The van der Waals surface area contributed by atoms with Crippen LogP contribution in [-0.4, -0.2) is 19.6 Å². The topological polar surface area (TPSA) is 36.4 Å². The summed E-state index contributed by atoms with van der Waals surface area (Å²) in [6, 6.07) is 14.2. The molecule has 0 atom stereocenters. The first kappa shape index (κ1) is 16.3. The summed E-state index contributed by atoms with van der Waals surface area (Å²) in [5.74, 6) is 0.485. The van der Waals surface area contributed by atoms with E-state index in [4.69, 9.17) is 11.6 Å². The Hall–Kier alpha value is -2.07. The van der Waals surface area contributed by atoms with E-state index in [9.17, 15) is 4.39 Å². The molecule has 5 heteroatoms. The summed E-state index contributed by atoms with van der Waals surface area (Å²) in [4.78, 5) is 4.16. The van der Waals surface area contributed by atoms with Crippen molar-refractivity contribution in [2.24, 2.45) is 4.99 Å². The minimum absolute atomic E-state index is 0.229. The van der Waals surface area contributed by atoms with E-state index >= 15 is 0 Å². The third kappa shape index (κ3) is 5.37. The van der Waals surface area contributed by atoms with E-state index in [1.54, 1.807) is 19.2 Å². The third-order valence-electron chi connectivity index (χ3n) is 3.19. The van der Waals surface area contributed by atoms with Gasteiger partial charge in [0.15, 0.2) is 5.96 Å². The lowest BCUT2D eigenvalue weighted by Crippen LogP contribution is -2.37. The van der Waals surface area contributed by atoms with Crippen LogP contribution in [0.15, 0.2) is 53.5 Å². The number of rotatable bonds is 5. The molecule has 0 aliphatic heterocycles. The van der Waals surface area contributed by atoms with Gasteiger partial charge in [-0.25, -0.2) is 4.39 Å². The lowest BCUT2D eigenvalue weighted by Gasteiger charge is -2.12. The number of hydrogen-bond donors (Lipinski definition) is 2. The minimum atomic E-state index is -0.229. The maximum Gasteiger partial charge on any atom is 0.191 e. The van der Waals surface area contributed by atoms with Gasteiger partial charge in [-0.1, -0.05) is 35.9 Å². The van der Waals surface area contributed by atoms with Crippen LogP contribution in [0.3, 0.4) is 0 Å². The van der Waals surface area contributed by atoms with E-state index in [2.05, 4.69) is 15.6 Å². The molecule has 116 valence electrons. The average molecular weight is 320 g/mol. The van der Waals surface area contributed by atoms with Crippen LogP contribution >= 0.6 is 11.6 Å². The van der Waals surface area contributed by atoms with Crippen molar-refractivity contribution in [3.8, 4) is 0 Å². The number of guanidine groups is 1. The first-order valence-electron chi connectivity index (χ1n) is 7.11. The van der Waals surface area contributed by atoms with Gasteiger partial charge in [-0.3, -0.25) is 4.99 Å². The number of nitrogens with zero attached hydrogens (tertiary/aromatic N) is 1. The molecule has 2 aromatic rings. The largest absolute Gasteiger partial charge is 0.356 e. The van der Waals surface area contributed by atoms with Gasteiger partial charge in [0.2, 0.25) is 0 Å². The molecule has 0 radical (unpaired) electrons. The van der Waals surface area contributed by atoms with E-state index in [1.807, 2.05) is 24.3 Å². The molecule has 0 aliphatic rings. The van der Waals surface area contributed by atoms with Gasteiger partial charge in [0.05, 0.1) is 0 Å². The zero-order valence-electron chi connectivity index (χ0n) is 12.4. The fourth-order valence-corrected chi connectivity index (χ4v) is 2.24. The molecule has 0 spiro atoms. The highest BCUT2D eigenvalue weighted by atomic mass is 35.5. The third-order valence-corrected chi connectivity index (χ3v) is 3.43. The second kappa shape index (κ2) is 8.39. The van der Waals surface area contributed by atoms with E-state index < -0.39 is 0 Å². The predicted molar refractivity (Wildman–Crippen MR) is 89.8 cm³/mol. The van der Waals surface area contributed by atoms with Gasteiger partial charge in [0.1, 0.15) is 5.82 Å². The van der Waals surface area contributed by atoms with Crippen LogP contribution in [0, 0.1) is 5.82 Å². The van der Waals surface area contributed by atoms with Gasteiger partial charge < -0.3 is 10.6 Å². The van der Waals surface area contributed by atoms with Crippen LogP contribution < -0.4 is 10.6 Å². The molecule has 0 bridgehead atoms. The zero-order chi connectivity index (χ0) is 15.8. The zero-order valence-corrected chi connectivity index (χ0v) is 13.2. The van der Waals surface area contributed by atoms with Crippen LogP contribution in [-0.2, 0) is 13.0 Å². The highest BCUT2D eigenvalue weighted by Crippen LogP contribution is 2.10. The van der Waals surface area contributed by atoms with Gasteiger partial charge in [-0.2, -0.15) is 0 Å². The van der Waals surface area contributed by atoms with Crippen molar-refractivity contribution in [3.63, 3.8) is 0 Å². The van der Waals surface area contributed by atoms with Crippen molar-refractivity contribution in [3.05, 3.63) is 70.5 Å². The average Bonchev–Trinajstić information content (AvgIpc) is 2.52. The summed E-state index contributed by atoms with van der Waals surface area (Å²) >= 11 is 5.96. The Kier molecular flexibility index (Phi) is 6.22. The Balaban J connectivity index is 1.76. The van der Waals surface area contributed by atoms with E-state index in [0.29, 0.717) is 12.5 Å². The molecule has 2 rings (SSSR count). The van der Waals surface area contributed by atoms with Crippen molar-refractivity contribution >= 4 is 17.6 Å². The number of aliphatic imine (C=N–C) groups is 1. The second-order valence-corrected chi connectivity index (χ2v) is 5.30. The minimum Gasteiger partial charge on any atom is -0.356 e. The summed E-state index contributed by atoms with van der Waals surface area (Å²) in [5, 5.41) is 7.18. The Labute approximate surface area is 135 Å². The highest BCUT2D eigenvalue weighted by Gasteiger charge is 2.00. The first-order valence-corrected chi connectivity index (χ1v) is 7.48. The van der Waals surface area contributed by atoms with E-state index in [0.717, 1.165) is 23.6 Å². The monoisotopic (exact) mass is 319 g/mol. The molecule has 0 fully saturated rings. The second-order valence-electron chi connectivity index (χ2n) is 4.86. The summed E-state index contributed by atoms with van der Waals surface area (Å²) < 4.78 is 12.8. The summed E-state index contributed by atoms with van der Waals surface area (Å²) in [6.07, 6.45) is 0.859. The summed E-state index contributed by atoms with van der Waals surface area (Å²) in [6.45, 7) is 1.35. The van der Waals surface area contributed by atoms with E-state index in [-0.39, 0.29) is 5.82 Å². The first-order chi connectivity index (χ1) is 10.7. The molecule has 0 saturated carbocycles. The van der Waals surface area contributed by atoms with Crippen LogP contribution in [0.5, 0.6) is 0 Å². The Morgan fingerprint density at radius 1 is 1.09 bits per heavy atom. The molecule has 2 N–H and O–H groups in total. The van der Waals surface area contributed by atoms with Crippen molar-refractivity contribution in [2.45, 2.75) is 13.0 Å². The highest BCUT2D eigenvalue weighted by molar-refractivity contribution is 6.30. The fraction of sp³-hybridized carbons (Fsp3) is 0.235. The number of halogens is 2. The summed E-state index contributed by atoms with van der Waals surface area (Å²) in [7, 11) is 1.72. The molecule has 0 unspecified atom stereocenters. The SMILES string of the molecule is CN=C(NCCc1cccc(Cl)c1)NCc1ccc(F)cc1. The Morgan fingerprint density at radius 2 is 1.86 bits per heavy atom. The number of hydrogen-bond acceptors (Lipinski definition) is 1. The fourth-order valence-electron chi connectivity index (χ4n) is 2.03. The molecule has 22 heavy (non-hydrogen) atoms. The standard InChI is InChI=1S/C17H19ClFN3/c1-20-17(22-12-14-5-7-16(19)8-6-14)21-10-9-13-3-2-4-15(18)11-13/h2-8,11H,9-10,12H2,1H3,(H2,20,21,22). The molecule has 0 heterocycles. The van der Waals surface area contributed by atoms with Crippen LogP contribution in [0.2, 0.25) is 5.02 Å². The van der Waals surface area contributed by atoms with Gasteiger partial charge in [-0.05, 0) is 41.8 Å². The van der Waals surface area contributed by atoms with Gasteiger partial charge in [-0.15, -0.1) is 0 Å². The van der Waals surface area contributed by atoms with Crippen molar-refractivity contribution in [2.75, 3.05) is 13.6 Å². The molecular formula is C17H19ClFN3. The number of benzene rings is 2. The number of nitrogens with one attached hydrogen (secondary N) is 2. The lowest BCUT2D eigenvalue weighted by molar-refractivity contribution is 0.626. The van der Waals surface area contributed by atoms with Crippen molar-refractivity contribution < 1.29 is 4.39 Å². The van der Waals surface area contributed by atoms with Crippen molar-refractivity contribution in [1.82, 2.24) is 10.6 Å². The Morgan fingerprint density at radius 3 is 2.55 bits per heavy atom. The smallest absolute Gasteiger partial charge is 0.191 e. The normalized spacial score (nSPS) is 11.3. The van der Waals surface area contributed by atoms with Gasteiger partial charge in [0, 0.05) is 25.2 Å². The van der Waals surface area contributed by atoms with Crippen LogP contribution in [0.25, 0.3) is 0 Å². The molecule has 3 nitrogen and oxygen atoms in total. The summed E-state index contributed by atoms with van der Waals surface area (Å²) in [5.41, 5.74) is 2.17. The van der Waals surface area contributed by atoms with Gasteiger partial charge in [0.25, 0.3) is 0 Å². The lowest BCUT2D eigenvalue weighted by atomic mass is 10.1. The van der Waals surface area contributed by atoms with Gasteiger partial charge >= 0.3 is 0 Å². The van der Waals surface area contributed by atoms with Crippen LogP contribution in [0.4, 0.5) is 4.39 Å². The quantitative estimate of drug-likeness (QED) is 0.654. The molecule has 0 aliphatic carbocycles. The van der Waals surface area contributed by atoms with E-state index in [1.165, 1.54) is 17.7 Å². The van der Waals surface area contributed by atoms with Crippen molar-refractivity contribution in [1.29, 1.82) is 0 Å². The molecule has 0 aromatic heterocycles. The predicted octanol–water partition coefficient (Wildman–Crippen LogP) is 3.39. The maximum atomic E-state index is 12.8. The molecular weight excluding hydrogens is 301 g/mol. The molecule has 0 amide bonds. The Bertz CT molecular complexity index is 626.